The fourth-order valence-corrected chi connectivity index (χ4v) is 3.62. The van der Waals surface area contributed by atoms with Gasteiger partial charge in [-0.1, -0.05) is 59.4 Å². The minimum absolute atomic E-state index is 0.185. The van der Waals surface area contributed by atoms with Crippen LogP contribution in [0.4, 0.5) is 5.82 Å². The van der Waals surface area contributed by atoms with Crippen molar-refractivity contribution in [1.29, 1.82) is 0 Å². The number of hydrogen-bond acceptors (Lipinski definition) is 5. The molecule has 4 aromatic rings. The zero-order chi connectivity index (χ0) is 17.9. The van der Waals surface area contributed by atoms with Crippen LogP contribution in [0.25, 0.3) is 11.0 Å². The van der Waals surface area contributed by atoms with Gasteiger partial charge in [0.05, 0.1) is 11.0 Å². The number of aromatic nitrogens is 3. The Morgan fingerprint density at radius 3 is 2.65 bits per heavy atom. The third kappa shape index (κ3) is 3.48. The number of nitrogens with one attached hydrogen (secondary N) is 2. The lowest BCUT2D eigenvalue weighted by atomic mass is 10.1. The number of anilines is 1. The maximum atomic E-state index is 12.9. The first-order valence-electron chi connectivity index (χ1n) is 8.09. The lowest BCUT2D eigenvalue weighted by molar-refractivity contribution is -0.115. The summed E-state index contributed by atoms with van der Waals surface area (Å²) in [6.07, 6.45) is 0. The average molecular weight is 364 g/mol. The fourth-order valence-electron chi connectivity index (χ4n) is 2.61. The predicted molar refractivity (Wildman–Crippen MR) is 101 cm³/mol. The van der Waals surface area contributed by atoms with E-state index >= 15 is 0 Å². The minimum Gasteiger partial charge on any atom is -0.360 e. The van der Waals surface area contributed by atoms with Gasteiger partial charge in [0.15, 0.2) is 11.0 Å². The van der Waals surface area contributed by atoms with Crippen molar-refractivity contribution < 1.29 is 9.32 Å². The topological polar surface area (TPSA) is 83.8 Å². The van der Waals surface area contributed by atoms with Gasteiger partial charge in [0.1, 0.15) is 11.0 Å². The van der Waals surface area contributed by atoms with Crippen LogP contribution in [0.5, 0.6) is 0 Å². The number of amides is 1. The van der Waals surface area contributed by atoms with Crippen molar-refractivity contribution in [2.45, 2.75) is 17.3 Å². The molecule has 2 aromatic carbocycles. The molecule has 0 bridgehead atoms. The molecule has 2 N–H and O–H groups in total. The molecule has 26 heavy (non-hydrogen) atoms. The van der Waals surface area contributed by atoms with Crippen LogP contribution in [-0.4, -0.2) is 21.0 Å². The number of aryl methyl sites for hydroxylation is 1. The Balaban J connectivity index is 1.63. The first-order chi connectivity index (χ1) is 12.7. The maximum absolute atomic E-state index is 12.9. The minimum atomic E-state index is -0.478. The third-order valence-electron chi connectivity index (χ3n) is 3.82. The standard InChI is InChI=1S/C19H16N4O2S/c1-12-11-16(23-25-12)22-18(24)17(13-7-3-2-4-8-13)26-19-20-14-9-5-6-10-15(14)21-19/h2-11,17H,1H3,(H,20,21)(H,22,23,24)/t17-/m0/s1. The van der Waals surface area contributed by atoms with Gasteiger partial charge in [0, 0.05) is 6.07 Å². The van der Waals surface area contributed by atoms with Gasteiger partial charge in [-0.3, -0.25) is 4.79 Å². The molecule has 6 nitrogen and oxygen atoms in total. The highest BCUT2D eigenvalue weighted by Crippen LogP contribution is 2.35. The van der Waals surface area contributed by atoms with E-state index in [9.17, 15) is 4.79 Å². The Labute approximate surface area is 154 Å². The molecule has 0 spiro atoms. The molecule has 130 valence electrons. The van der Waals surface area contributed by atoms with E-state index < -0.39 is 5.25 Å². The number of para-hydroxylation sites is 2. The van der Waals surface area contributed by atoms with E-state index in [1.54, 1.807) is 13.0 Å². The van der Waals surface area contributed by atoms with Crippen LogP contribution in [0.15, 0.2) is 70.3 Å². The summed E-state index contributed by atoms with van der Waals surface area (Å²) in [5, 5.41) is 6.85. The molecule has 2 heterocycles. The van der Waals surface area contributed by atoms with Gasteiger partial charge >= 0.3 is 0 Å². The number of fused-ring (bicyclic) bond motifs is 1. The molecular weight excluding hydrogens is 348 g/mol. The Bertz CT molecular complexity index is 1010. The molecule has 0 aliphatic heterocycles. The van der Waals surface area contributed by atoms with Crippen LogP contribution in [0.1, 0.15) is 16.6 Å². The molecule has 1 atom stereocenters. The van der Waals surface area contributed by atoms with Crippen LogP contribution in [-0.2, 0) is 4.79 Å². The number of H-pyrrole nitrogens is 1. The molecule has 2 aromatic heterocycles. The van der Waals surface area contributed by atoms with Crippen molar-refractivity contribution in [2.24, 2.45) is 0 Å². The molecular formula is C19H16N4O2S. The molecule has 0 saturated heterocycles. The Kier molecular flexibility index (Phi) is 4.45. The molecule has 0 fully saturated rings. The van der Waals surface area contributed by atoms with Crippen molar-refractivity contribution >= 4 is 34.5 Å². The van der Waals surface area contributed by atoms with E-state index in [1.165, 1.54) is 11.8 Å². The number of nitrogens with zero attached hydrogens (tertiary/aromatic N) is 2. The van der Waals surface area contributed by atoms with Crippen LogP contribution in [0, 0.1) is 6.92 Å². The predicted octanol–water partition coefficient (Wildman–Crippen LogP) is 4.33. The number of imidazole rings is 1. The van der Waals surface area contributed by atoms with Crippen LogP contribution < -0.4 is 5.32 Å². The van der Waals surface area contributed by atoms with Gasteiger partial charge in [-0.2, -0.15) is 0 Å². The first-order valence-corrected chi connectivity index (χ1v) is 8.97. The van der Waals surface area contributed by atoms with E-state index in [1.807, 2.05) is 54.6 Å². The van der Waals surface area contributed by atoms with Gasteiger partial charge in [-0.25, -0.2) is 4.98 Å². The van der Waals surface area contributed by atoms with Gasteiger partial charge in [0.2, 0.25) is 5.91 Å². The number of rotatable bonds is 5. The van der Waals surface area contributed by atoms with Crippen molar-refractivity contribution in [2.75, 3.05) is 5.32 Å². The number of carbonyl (C=O) groups excluding carboxylic acids is 1. The monoisotopic (exact) mass is 364 g/mol. The number of thioether (sulfide) groups is 1. The molecule has 0 radical (unpaired) electrons. The highest BCUT2D eigenvalue weighted by atomic mass is 32.2. The lowest BCUT2D eigenvalue weighted by Crippen LogP contribution is -2.19. The smallest absolute Gasteiger partial charge is 0.243 e. The van der Waals surface area contributed by atoms with Gasteiger partial charge in [-0.05, 0) is 24.6 Å². The van der Waals surface area contributed by atoms with Crippen LogP contribution >= 0.6 is 11.8 Å². The molecule has 4 rings (SSSR count). The summed E-state index contributed by atoms with van der Waals surface area (Å²) in [6.45, 7) is 1.78. The number of aromatic amines is 1. The molecule has 0 saturated carbocycles. The summed E-state index contributed by atoms with van der Waals surface area (Å²) in [4.78, 5) is 20.7. The van der Waals surface area contributed by atoms with Gasteiger partial charge < -0.3 is 14.8 Å². The lowest BCUT2D eigenvalue weighted by Gasteiger charge is -2.14. The van der Waals surface area contributed by atoms with Crippen molar-refractivity contribution in [3.05, 3.63) is 72.0 Å². The summed E-state index contributed by atoms with van der Waals surface area (Å²) in [5.74, 6) is 0.857. The quantitative estimate of drug-likeness (QED) is 0.515. The van der Waals surface area contributed by atoms with Gasteiger partial charge in [0.25, 0.3) is 0 Å². The van der Waals surface area contributed by atoms with E-state index in [0.717, 1.165) is 16.6 Å². The third-order valence-corrected chi connectivity index (χ3v) is 4.96. The number of carbonyl (C=O) groups is 1. The van der Waals surface area contributed by atoms with Crippen molar-refractivity contribution in [3.8, 4) is 0 Å². The normalized spacial score (nSPS) is 12.2. The van der Waals surface area contributed by atoms with E-state index in [4.69, 9.17) is 4.52 Å². The Morgan fingerprint density at radius 1 is 1.15 bits per heavy atom. The molecule has 0 unspecified atom stereocenters. The second kappa shape index (κ2) is 7.05. The maximum Gasteiger partial charge on any atom is 0.243 e. The SMILES string of the molecule is Cc1cc(NC(=O)[C@@H](Sc2nc3ccccc3[nH]2)c2ccccc2)no1. The van der Waals surface area contributed by atoms with Crippen molar-refractivity contribution in [3.63, 3.8) is 0 Å². The van der Waals surface area contributed by atoms with Crippen molar-refractivity contribution in [1.82, 2.24) is 15.1 Å². The summed E-state index contributed by atoms with van der Waals surface area (Å²) in [7, 11) is 0. The molecule has 0 aliphatic carbocycles. The summed E-state index contributed by atoms with van der Waals surface area (Å²) < 4.78 is 5.02. The molecule has 1 amide bonds. The number of benzene rings is 2. The van der Waals surface area contributed by atoms with Gasteiger partial charge in [-0.15, -0.1) is 0 Å². The Morgan fingerprint density at radius 2 is 1.92 bits per heavy atom. The second-order valence-corrected chi connectivity index (χ2v) is 6.87. The van der Waals surface area contributed by atoms with E-state index in [-0.39, 0.29) is 5.91 Å². The largest absolute Gasteiger partial charge is 0.360 e. The zero-order valence-electron chi connectivity index (χ0n) is 14.0. The summed E-state index contributed by atoms with van der Waals surface area (Å²) in [5.41, 5.74) is 2.69. The van der Waals surface area contributed by atoms with Crippen LogP contribution in [0.2, 0.25) is 0 Å². The zero-order valence-corrected chi connectivity index (χ0v) is 14.8. The second-order valence-electron chi connectivity index (χ2n) is 5.78. The van der Waals surface area contributed by atoms with E-state index in [2.05, 4.69) is 20.4 Å². The molecule has 7 heteroatoms. The first kappa shape index (κ1) is 16.4. The number of hydrogen-bond donors (Lipinski definition) is 2. The Hall–Kier alpha value is -3.06. The average Bonchev–Trinajstić information content (AvgIpc) is 3.25. The fraction of sp³-hybridized carbons (Fsp3) is 0.105. The summed E-state index contributed by atoms with van der Waals surface area (Å²) in [6, 6.07) is 19.1. The summed E-state index contributed by atoms with van der Waals surface area (Å²) >= 11 is 1.36. The van der Waals surface area contributed by atoms with Crippen LogP contribution in [0.3, 0.4) is 0 Å². The highest BCUT2D eigenvalue weighted by molar-refractivity contribution is 8.00. The van der Waals surface area contributed by atoms with E-state index in [0.29, 0.717) is 16.7 Å². The molecule has 0 aliphatic rings. The highest BCUT2D eigenvalue weighted by Gasteiger charge is 2.24.